The van der Waals surface area contributed by atoms with E-state index < -0.39 is 0 Å². The van der Waals surface area contributed by atoms with E-state index in [4.69, 9.17) is 0 Å². The predicted molar refractivity (Wildman–Crippen MR) is 75.8 cm³/mol. The third-order valence-electron chi connectivity index (χ3n) is 4.11. The molecule has 0 amide bonds. The van der Waals surface area contributed by atoms with Crippen molar-refractivity contribution < 1.29 is 0 Å². The molecule has 0 N–H and O–H groups in total. The lowest BCUT2D eigenvalue weighted by Crippen LogP contribution is -2.07. The van der Waals surface area contributed by atoms with Gasteiger partial charge in [-0.3, -0.25) is 0 Å². The summed E-state index contributed by atoms with van der Waals surface area (Å²) in [6, 6.07) is 0. The molecule has 0 fully saturated rings. The molecule has 1 atom stereocenters. The fourth-order valence-corrected chi connectivity index (χ4v) is 2.62. The van der Waals surface area contributed by atoms with Gasteiger partial charge in [-0.1, -0.05) is 85.5 Å². The summed E-state index contributed by atoms with van der Waals surface area (Å²) in [5.74, 6) is 1.99. The molecule has 0 aliphatic carbocycles. The maximum Gasteiger partial charge on any atom is -0.0414 e. The minimum absolute atomic E-state index is 0.987. The van der Waals surface area contributed by atoms with Crippen LogP contribution in [0, 0.1) is 11.8 Å². The van der Waals surface area contributed by atoms with Crippen molar-refractivity contribution in [3.05, 3.63) is 0 Å². The second kappa shape index (κ2) is 11.5. The lowest BCUT2D eigenvalue weighted by Gasteiger charge is -2.20. The van der Waals surface area contributed by atoms with E-state index in [1.807, 2.05) is 0 Å². The standard InChI is InChI=1S/C16H34/c1-5-9-10-11-12-13-16(8-4)14-15(6-2)7-3/h15-16H,5-14H2,1-4H3. The van der Waals surface area contributed by atoms with Gasteiger partial charge in [-0.25, -0.2) is 0 Å². The van der Waals surface area contributed by atoms with E-state index in [-0.39, 0.29) is 0 Å². The highest BCUT2D eigenvalue weighted by Crippen LogP contribution is 2.25. The topological polar surface area (TPSA) is 0 Å². The average molecular weight is 226 g/mol. The van der Waals surface area contributed by atoms with Crippen LogP contribution in [-0.4, -0.2) is 0 Å². The van der Waals surface area contributed by atoms with Gasteiger partial charge in [0.05, 0.1) is 0 Å². The van der Waals surface area contributed by atoms with Crippen molar-refractivity contribution in [1.82, 2.24) is 0 Å². The lowest BCUT2D eigenvalue weighted by atomic mass is 9.86. The quantitative estimate of drug-likeness (QED) is 0.368. The molecule has 0 rings (SSSR count). The molecule has 0 saturated heterocycles. The van der Waals surface area contributed by atoms with E-state index >= 15 is 0 Å². The Bertz CT molecular complexity index is 124. The Morgan fingerprint density at radius 1 is 0.625 bits per heavy atom. The summed E-state index contributed by atoms with van der Waals surface area (Å²) in [7, 11) is 0. The van der Waals surface area contributed by atoms with Crippen LogP contribution < -0.4 is 0 Å². The summed E-state index contributed by atoms with van der Waals surface area (Å²) in [6.45, 7) is 9.37. The van der Waals surface area contributed by atoms with Crippen LogP contribution >= 0.6 is 0 Å². The van der Waals surface area contributed by atoms with E-state index in [9.17, 15) is 0 Å². The van der Waals surface area contributed by atoms with Gasteiger partial charge in [-0.05, 0) is 18.3 Å². The van der Waals surface area contributed by atoms with E-state index in [1.54, 1.807) is 0 Å². The van der Waals surface area contributed by atoms with Crippen LogP contribution in [0.4, 0.5) is 0 Å². The normalized spacial score (nSPS) is 13.3. The Morgan fingerprint density at radius 3 is 1.69 bits per heavy atom. The summed E-state index contributed by atoms with van der Waals surface area (Å²) in [5, 5.41) is 0. The van der Waals surface area contributed by atoms with E-state index in [1.165, 1.54) is 64.2 Å². The van der Waals surface area contributed by atoms with Gasteiger partial charge in [0.25, 0.3) is 0 Å². The zero-order valence-electron chi connectivity index (χ0n) is 12.2. The van der Waals surface area contributed by atoms with E-state index in [0.29, 0.717) is 0 Å². The van der Waals surface area contributed by atoms with Crippen LogP contribution in [0.3, 0.4) is 0 Å². The molecule has 0 aliphatic heterocycles. The molecule has 0 heterocycles. The van der Waals surface area contributed by atoms with Crippen molar-refractivity contribution in [2.45, 2.75) is 91.9 Å². The molecular weight excluding hydrogens is 192 g/mol. The van der Waals surface area contributed by atoms with Crippen molar-refractivity contribution in [2.24, 2.45) is 11.8 Å². The Labute approximate surface area is 104 Å². The van der Waals surface area contributed by atoms with Crippen LogP contribution in [-0.2, 0) is 0 Å². The monoisotopic (exact) mass is 226 g/mol. The minimum Gasteiger partial charge on any atom is -0.0654 e. The van der Waals surface area contributed by atoms with Crippen molar-refractivity contribution in [3.8, 4) is 0 Å². The second-order valence-electron chi connectivity index (χ2n) is 5.40. The van der Waals surface area contributed by atoms with Crippen LogP contribution in [0.25, 0.3) is 0 Å². The fraction of sp³-hybridized carbons (Fsp3) is 1.00. The highest BCUT2D eigenvalue weighted by atomic mass is 14.2. The second-order valence-corrected chi connectivity index (χ2v) is 5.40. The molecular formula is C16H34. The molecule has 0 nitrogen and oxygen atoms in total. The summed E-state index contributed by atoms with van der Waals surface area (Å²) in [5.41, 5.74) is 0. The number of hydrogen-bond donors (Lipinski definition) is 0. The molecule has 0 aromatic carbocycles. The highest BCUT2D eigenvalue weighted by molar-refractivity contribution is 4.64. The van der Waals surface area contributed by atoms with Crippen LogP contribution in [0.15, 0.2) is 0 Å². The first-order valence-corrected chi connectivity index (χ1v) is 7.78. The maximum atomic E-state index is 2.37. The molecule has 0 aromatic heterocycles. The molecule has 0 heteroatoms. The van der Waals surface area contributed by atoms with Crippen molar-refractivity contribution >= 4 is 0 Å². The molecule has 0 spiro atoms. The minimum atomic E-state index is 0.987. The van der Waals surface area contributed by atoms with Gasteiger partial charge in [0, 0.05) is 0 Å². The van der Waals surface area contributed by atoms with Gasteiger partial charge in [-0.2, -0.15) is 0 Å². The molecule has 0 saturated carbocycles. The first kappa shape index (κ1) is 16.0. The van der Waals surface area contributed by atoms with Gasteiger partial charge < -0.3 is 0 Å². The molecule has 0 bridgehead atoms. The molecule has 0 radical (unpaired) electrons. The van der Waals surface area contributed by atoms with Crippen LogP contribution in [0.1, 0.15) is 91.9 Å². The van der Waals surface area contributed by atoms with Crippen molar-refractivity contribution in [1.29, 1.82) is 0 Å². The lowest BCUT2D eigenvalue weighted by molar-refractivity contribution is 0.321. The predicted octanol–water partition coefficient (Wildman–Crippen LogP) is 6.20. The third kappa shape index (κ3) is 8.19. The van der Waals surface area contributed by atoms with Gasteiger partial charge in [0.1, 0.15) is 0 Å². The average Bonchev–Trinajstić information content (AvgIpc) is 2.33. The van der Waals surface area contributed by atoms with Crippen molar-refractivity contribution in [2.75, 3.05) is 0 Å². The van der Waals surface area contributed by atoms with Gasteiger partial charge in [-0.15, -0.1) is 0 Å². The van der Waals surface area contributed by atoms with Crippen LogP contribution in [0.5, 0.6) is 0 Å². The Morgan fingerprint density at radius 2 is 1.19 bits per heavy atom. The Balaban J connectivity index is 3.57. The summed E-state index contributed by atoms with van der Waals surface area (Å²) < 4.78 is 0. The third-order valence-corrected chi connectivity index (χ3v) is 4.11. The molecule has 0 aliphatic rings. The largest absolute Gasteiger partial charge is 0.0654 e. The number of rotatable bonds is 11. The number of unbranched alkanes of at least 4 members (excludes halogenated alkanes) is 4. The first-order chi connectivity index (χ1) is 7.78. The van der Waals surface area contributed by atoms with Gasteiger partial charge in [0.2, 0.25) is 0 Å². The Hall–Kier alpha value is 0. The smallest absolute Gasteiger partial charge is 0.0414 e. The zero-order chi connectivity index (χ0) is 12.2. The molecule has 98 valence electrons. The van der Waals surface area contributed by atoms with Gasteiger partial charge in [0.15, 0.2) is 0 Å². The maximum absolute atomic E-state index is 2.37. The summed E-state index contributed by atoms with van der Waals surface area (Å²) in [6.07, 6.45) is 14.3. The van der Waals surface area contributed by atoms with Crippen molar-refractivity contribution in [3.63, 3.8) is 0 Å². The highest BCUT2D eigenvalue weighted by Gasteiger charge is 2.11. The summed E-state index contributed by atoms with van der Waals surface area (Å²) in [4.78, 5) is 0. The van der Waals surface area contributed by atoms with E-state index in [0.717, 1.165) is 11.8 Å². The molecule has 0 aromatic rings. The Kier molecular flexibility index (Phi) is 11.5. The van der Waals surface area contributed by atoms with E-state index in [2.05, 4.69) is 27.7 Å². The fourth-order valence-electron chi connectivity index (χ4n) is 2.62. The molecule has 1 unspecified atom stereocenters. The number of hydrogen-bond acceptors (Lipinski definition) is 0. The zero-order valence-corrected chi connectivity index (χ0v) is 12.2. The summed E-state index contributed by atoms with van der Waals surface area (Å²) >= 11 is 0. The SMILES string of the molecule is CCCCCCCC(CC)CC(CC)CC. The van der Waals surface area contributed by atoms with Gasteiger partial charge >= 0.3 is 0 Å². The molecule has 16 heavy (non-hydrogen) atoms. The first-order valence-electron chi connectivity index (χ1n) is 7.78. The van der Waals surface area contributed by atoms with Crippen LogP contribution in [0.2, 0.25) is 0 Å².